The Kier molecular flexibility index (Phi) is 13.6. The molecule has 3 aromatic carbocycles. The van der Waals surface area contributed by atoms with Crippen molar-refractivity contribution in [2.75, 3.05) is 40.6 Å². The molecule has 0 amide bonds. The molecule has 2 fully saturated rings. The van der Waals surface area contributed by atoms with Crippen molar-refractivity contribution in [1.29, 1.82) is 0 Å². The molecule has 1 aliphatic carbocycles. The van der Waals surface area contributed by atoms with Gasteiger partial charge in [-0.1, -0.05) is 94.7 Å². The zero-order chi connectivity index (χ0) is 35.5. The molecule has 1 heterocycles. The number of rotatable bonds is 15. The van der Waals surface area contributed by atoms with Crippen LogP contribution in [0.1, 0.15) is 63.7 Å². The molecule has 0 atom stereocenters. The number of hydrogen-bond donors (Lipinski definition) is 0. The van der Waals surface area contributed by atoms with Crippen LogP contribution in [0.25, 0.3) is 22.3 Å². The Morgan fingerprint density at radius 1 is 0.700 bits per heavy atom. The molecule has 2 aliphatic rings. The van der Waals surface area contributed by atoms with Crippen LogP contribution < -0.4 is 9.47 Å². The fourth-order valence-corrected chi connectivity index (χ4v) is 6.86. The first-order chi connectivity index (χ1) is 24.3. The molecule has 1 saturated heterocycles. The van der Waals surface area contributed by atoms with Gasteiger partial charge in [-0.05, 0) is 71.2 Å². The lowest BCUT2D eigenvalue weighted by Crippen LogP contribution is -2.34. The van der Waals surface area contributed by atoms with E-state index in [-0.39, 0.29) is 24.4 Å². The third-order valence-corrected chi connectivity index (χ3v) is 9.74. The third kappa shape index (κ3) is 9.79. The lowest BCUT2D eigenvalue weighted by molar-refractivity contribution is -0.214. The number of unbranched alkanes of at least 4 members (excludes halogenated alkanes) is 1. The van der Waals surface area contributed by atoms with E-state index in [1.165, 1.54) is 59.2 Å². The van der Waals surface area contributed by atoms with Crippen LogP contribution >= 0.6 is 0 Å². The molecule has 0 aromatic heterocycles. The van der Waals surface area contributed by atoms with Gasteiger partial charge < -0.3 is 28.4 Å². The van der Waals surface area contributed by atoms with E-state index in [0.717, 1.165) is 33.7 Å². The van der Waals surface area contributed by atoms with Crippen molar-refractivity contribution in [2.45, 2.75) is 58.2 Å². The van der Waals surface area contributed by atoms with E-state index in [1.54, 1.807) is 18.2 Å². The molecular weight excluding hydrogens is 632 g/mol. The first-order valence-electron chi connectivity index (χ1n) is 17.6. The van der Waals surface area contributed by atoms with Gasteiger partial charge in [0.25, 0.3) is 0 Å². The molecule has 0 bridgehead atoms. The lowest BCUT2D eigenvalue weighted by Gasteiger charge is -2.38. The van der Waals surface area contributed by atoms with E-state index >= 15 is 0 Å². The summed E-state index contributed by atoms with van der Waals surface area (Å²) in [5, 5.41) is 0. The second kappa shape index (κ2) is 18.2. The van der Waals surface area contributed by atoms with Gasteiger partial charge in [0.2, 0.25) is 0 Å². The Labute approximate surface area is 296 Å². The molecule has 0 N–H and O–H groups in total. The summed E-state index contributed by atoms with van der Waals surface area (Å²) in [5.74, 6) is 1.60. The number of hydrogen-bond acceptors (Lipinski definition) is 8. The molecule has 5 rings (SSSR count). The van der Waals surface area contributed by atoms with Crippen molar-refractivity contribution >= 4 is 11.9 Å². The van der Waals surface area contributed by atoms with Gasteiger partial charge in [0.15, 0.2) is 6.29 Å². The average Bonchev–Trinajstić information content (AvgIpc) is 3.15. The fraction of sp³-hybridized carbons (Fsp3) is 0.429. The highest BCUT2D eigenvalue weighted by Crippen LogP contribution is 2.41. The van der Waals surface area contributed by atoms with Crippen LogP contribution in [0.5, 0.6) is 11.5 Å². The van der Waals surface area contributed by atoms with E-state index in [9.17, 15) is 9.59 Å². The summed E-state index contributed by atoms with van der Waals surface area (Å²) >= 11 is 0. The van der Waals surface area contributed by atoms with Crippen molar-refractivity contribution in [3.8, 4) is 33.8 Å². The third-order valence-electron chi connectivity index (χ3n) is 9.74. The maximum Gasteiger partial charge on any atom is 0.341 e. The zero-order valence-corrected chi connectivity index (χ0v) is 29.6. The Bertz CT molecular complexity index is 1590. The maximum atomic E-state index is 12.6. The Morgan fingerprint density at radius 2 is 1.22 bits per heavy atom. The molecular formula is C42H50O8. The predicted molar refractivity (Wildman–Crippen MR) is 194 cm³/mol. The van der Waals surface area contributed by atoms with Gasteiger partial charge >= 0.3 is 11.9 Å². The Hall–Kier alpha value is -4.08. The standard InChI is InChI=1S/C42H50O8/c1-6-7-8-30-9-11-33(12-10-30)35-26-47-42(48-27-35)39-23-37(50-41(44)29(3)25-46-5)21-22-38(39)34-15-13-31(14-16-34)32-17-19-36(20-18-32)49-40(43)28(2)24-45-4/h13-23,30,33,35,42H,2-3,6-12,24-27H2,1,4-5H3. The summed E-state index contributed by atoms with van der Waals surface area (Å²) in [6, 6.07) is 21.0. The quantitative estimate of drug-likeness (QED) is 0.0892. The molecule has 1 saturated carbocycles. The van der Waals surface area contributed by atoms with Crippen LogP contribution in [0.15, 0.2) is 91.0 Å². The van der Waals surface area contributed by atoms with E-state index in [4.69, 9.17) is 28.4 Å². The van der Waals surface area contributed by atoms with Crippen molar-refractivity contribution in [2.24, 2.45) is 17.8 Å². The highest BCUT2D eigenvalue weighted by atomic mass is 16.7. The van der Waals surface area contributed by atoms with Crippen LogP contribution in [-0.4, -0.2) is 52.6 Å². The monoisotopic (exact) mass is 682 g/mol. The molecule has 0 unspecified atom stereocenters. The summed E-state index contributed by atoms with van der Waals surface area (Å²) in [4.78, 5) is 24.8. The van der Waals surface area contributed by atoms with Crippen molar-refractivity contribution in [3.63, 3.8) is 0 Å². The Balaban J connectivity index is 1.30. The SMILES string of the molecule is C=C(COC)C(=O)Oc1ccc(-c2ccc(-c3ccc(OC(=O)C(=C)COC)cc3C3OCC(C4CCC(CCCC)CC4)CO3)cc2)cc1. The minimum atomic E-state index is -0.599. The fourth-order valence-electron chi connectivity index (χ4n) is 6.86. The second-order valence-electron chi connectivity index (χ2n) is 13.4. The molecule has 8 heteroatoms. The van der Waals surface area contributed by atoms with Crippen molar-refractivity contribution in [1.82, 2.24) is 0 Å². The predicted octanol–water partition coefficient (Wildman–Crippen LogP) is 8.89. The van der Waals surface area contributed by atoms with Gasteiger partial charge in [0, 0.05) is 25.7 Å². The van der Waals surface area contributed by atoms with Crippen LogP contribution in [0.2, 0.25) is 0 Å². The summed E-state index contributed by atoms with van der Waals surface area (Å²) in [6.45, 7) is 11.2. The number of esters is 2. The van der Waals surface area contributed by atoms with Crippen LogP contribution in [0, 0.1) is 17.8 Å². The first kappa shape index (κ1) is 37.2. The van der Waals surface area contributed by atoms with E-state index < -0.39 is 18.2 Å². The van der Waals surface area contributed by atoms with Crippen LogP contribution in [-0.2, 0) is 28.5 Å². The number of methoxy groups -OCH3 is 2. The van der Waals surface area contributed by atoms with E-state index in [1.807, 2.05) is 48.5 Å². The minimum Gasteiger partial charge on any atom is -0.423 e. The largest absolute Gasteiger partial charge is 0.423 e. The topological polar surface area (TPSA) is 89.5 Å². The number of carbonyl (C=O) groups excluding carboxylic acids is 2. The molecule has 0 radical (unpaired) electrons. The number of carbonyl (C=O) groups is 2. The molecule has 1 aliphatic heterocycles. The Morgan fingerprint density at radius 3 is 1.78 bits per heavy atom. The van der Waals surface area contributed by atoms with Gasteiger partial charge in [0.05, 0.1) is 37.6 Å². The van der Waals surface area contributed by atoms with Crippen molar-refractivity contribution in [3.05, 3.63) is 96.6 Å². The van der Waals surface area contributed by atoms with Gasteiger partial charge in [-0.25, -0.2) is 9.59 Å². The summed E-state index contributed by atoms with van der Waals surface area (Å²) in [7, 11) is 3.01. The normalized spacial score (nSPS) is 20.5. The lowest BCUT2D eigenvalue weighted by atomic mass is 9.74. The van der Waals surface area contributed by atoms with E-state index in [0.29, 0.717) is 36.5 Å². The zero-order valence-electron chi connectivity index (χ0n) is 29.6. The van der Waals surface area contributed by atoms with E-state index in [2.05, 4.69) is 20.1 Å². The van der Waals surface area contributed by atoms with Gasteiger partial charge in [-0.2, -0.15) is 0 Å². The highest BCUT2D eigenvalue weighted by molar-refractivity contribution is 5.90. The van der Waals surface area contributed by atoms with Crippen LogP contribution in [0.4, 0.5) is 0 Å². The van der Waals surface area contributed by atoms with Gasteiger partial charge in [-0.15, -0.1) is 0 Å². The molecule has 8 nitrogen and oxygen atoms in total. The number of benzene rings is 3. The number of ether oxygens (including phenoxy) is 6. The second-order valence-corrected chi connectivity index (χ2v) is 13.4. The highest BCUT2D eigenvalue weighted by Gasteiger charge is 2.33. The molecule has 50 heavy (non-hydrogen) atoms. The maximum absolute atomic E-state index is 12.6. The molecule has 3 aromatic rings. The molecule has 0 spiro atoms. The minimum absolute atomic E-state index is 0.0882. The van der Waals surface area contributed by atoms with Crippen LogP contribution in [0.3, 0.4) is 0 Å². The average molecular weight is 683 g/mol. The van der Waals surface area contributed by atoms with Crippen molar-refractivity contribution < 1.29 is 38.0 Å². The summed E-state index contributed by atoms with van der Waals surface area (Å²) < 4.78 is 34.0. The summed E-state index contributed by atoms with van der Waals surface area (Å²) in [6.07, 6.45) is 8.42. The van der Waals surface area contributed by atoms with Gasteiger partial charge in [-0.3, -0.25) is 0 Å². The summed E-state index contributed by atoms with van der Waals surface area (Å²) in [5.41, 5.74) is 5.13. The molecule has 266 valence electrons. The first-order valence-corrected chi connectivity index (χ1v) is 17.6. The van der Waals surface area contributed by atoms with Gasteiger partial charge in [0.1, 0.15) is 11.5 Å². The smallest absolute Gasteiger partial charge is 0.341 e.